The van der Waals surface area contributed by atoms with E-state index in [0.717, 1.165) is 5.57 Å². The fourth-order valence-electron chi connectivity index (χ4n) is 0.804. The number of halogens is 3. The van der Waals surface area contributed by atoms with Crippen LogP contribution in [-0.2, 0) is 19.1 Å². The molecule has 17 heavy (non-hydrogen) atoms. The summed E-state index contributed by atoms with van der Waals surface area (Å²) >= 11 is 0. The molecule has 0 fully saturated rings. The van der Waals surface area contributed by atoms with Gasteiger partial charge >= 0.3 is 15.6 Å². The molecule has 0 saturated carbocycles. The molecule has 0 saturated heterocycles. The molecule has 0 N–H and O–H groups in total. The highest BCUT2D eigenvalue weighted by atomic mass is 32.2. The van der Waals surface area contributed by atoms with Gasteiger partial charge in [-0.15, -0.1) is 0 Å². The van der Waals surface area contributed by atoms with E-state index >= 15 is 0 Å². The van der Waals surface area contributed by atoms with Crippen molar-refractivity contribution < 1.29 is 30.6 Å². The SMILES string of the molecule is CC(C)=CCCC(=O)COS(=O)(=O)C(F)(F)F. The number of rotatable bonds is 6. The van der Waals surface area contributed by atoms with Gasteiger partial charge in [0, 0.05) is 6.42 Å². The van der Waals surface area contributed by atoms with Gasteiger partial charge in [0.15, 0.2) is 5.78 Å². The summed E-state index contributed by atoms with van der Waals surface area (Å²) in [5.74, 6) is -0.699. The summed E-state index contributed by atoms with van der Waals surface area (Å²) < 4.78 is 59.9. The molecule has 0 aliphatic rings. The van der Waals surface area contributed by atoms with Crippen LogP contribution < -0.4 is 0 Å². The summed E-state index contributed by atoms with van der Waals surface area (Å²) in [6, 6.07) is 0. The van der Waals surface area contributed by atoms with E-state index in [-0.39, 0.29) is 6.42 Å². The van der Waals surface area contributed by atoms with Crippen molar-refractivity contribution in [3.63, 3.8) is 0 Å². The number of carbonyl (C=O) groups excluding carboxylic acids is 1. The van der Waals surface area contributed by atoms with E-state index in [1.165, 1.54) is 0 Å². The van der Waals surface area contributed by atoms with Gasteiger partial charge in [-0.3, -0.25) is 8.98 Å². The van der Waals surface area contributed by atoms with Crippen molar-refractivity contribution in [1.29, 1.82) is 0 Å². The average molecular weight is 274 g/mol. The van der Waals surface area contributed by atoms with Gasteiger partial charge in [0.25, 0.3) is 0 Å². The molecule has 0 aliphatic carbocycles. The van der Waals surface area contributed by atoms with Crippen molar-refractivity contribution >= 4 is 15.9 Å². The topological polar surface area (TPSA) is 60.4 Å². The molecular weight excluding hydrogens is 261 g/mol. The van der Waals surface area contributed by atoms with Crippen molar-refractivity contribution in [1.82, 2.24) is 0 Å². The Morgan fingerprint density at radius 3 is 2.24 bits per heavy atom. The Hall–Kier alpha value is -0.890. The Kier molecular flexibility index (Phi) is 5.83. The van der Waals surface area contributed by atoms with Gasteiger partial charge in [0.1, 0.15) is 6.61 Å². The quantitative estimate of drug-likeness (QED) is 0.423. The molecule has 0 aromatic rings. The van der Waals surface area contributed by atoms with Crippen molar-refractivity contribution in [2.75, 3.05) is 6.61 Å². The normalized spacial score (nSPS) is 12.3. The minimum Gasteiger partial charge on any atom is -0.297 e. The summed E-state index contributed by atoms with van der Waals surface area (Å²) in [7, 11) is -5.67. The van der Waals surface area contributed by atoms with Crippen LogP contribution in [0.4, 0.5) is 13.2 Å². The molecule has 8 heteroatoms. The first-order chi connectivity index (χ1) is 7.56. The lowest BCUT2D eigenvalue weighted by atomic mass is 10.2. The van der Waals surface area contributed by atoms with Crippen LogP contribution in [0.5, 0.6) is 0 Å². The first-order valence-electron chi connectivity index (χ1n) is 4.67. The lowest BCUT2D eigenvalue weighted by Gasteiger charge is -2.07. The first-order valence-corrected chi connectivity index (χ1v) is 6.08. The molecule has 0 rings (SSSR count). The zero-order valence-electron chi connectivity index (χ0n) is 9.37. The smallest absolute Gasteiger partial charge is 0.297 e. The second-order valence-electron chi connectivity index (χ2n) is 3.52. The monoisotopic (exact) mass is 274 g/mol. The molecule has 0 aromatic heterocycles. The molecule has 0 aromatic carbocycles. The fourth-order valence-corrected chi connectivity index (χ4v) is 1.22. The van der Waals surface area contributed by atoms with Crippen LogP contribution in [0.15, 0.2) is 11.6 Å². The van der Waals surface area contributed by atoms with E-state index in [4.69, 9.17) is 0 Å². The van der Waals surface area contributed by atoms with E-state index < -0.39 is 28.0 Å². The van der Waals surface area contributed by atoms with Crippen molar-refractivity contribution in [2.24, 2.45) is 0 Å². The summed E-state index contributed by atoms with van der Waals surface area (Å²) in [6.07, 6.45) is 2.01. The lowest BCUT2D eigenvalue weighted by Crippen LogP contribution is -2.27. The van der Waals surface area contributed by atoms with E-state index in [9.17, 15) is 26.4 Å². The predicted octanol–water partition coefficient (Wildman–Crippen LogP) is 2.17. The van der Waals surface area contributed by atoms with Gasteiger partial charge < -0.3 is 0 Å². The molecule has 0 heterocycles. The lowest BCUT2D eigenvalue weighted by molar-refractivity contribution is -0.121. The molecule has 0 unspecified atom stereocenters. The summed E-state index contributed by atoms with van der Waals surface area (Å²) in [5.41, 5.74) is -4.53. The Bertz CT molecular complexity index is 391. The number of hydrogen-bond acceptors (Lipinski definition) is 4. The zero-order chi connectivity index (χ0) is 13.7. The highest BCUT2D eigenvalue weighted by Crippen LogP contribution is 2.24. The second-order valence-corrected chi connectivity index (χ2v) is 5.13. The van der Waals surface area contributed by atoms with Gasteiger partial charge in [-0.2, -0.15) is 21.6 Å². The van der Waals surface area contributed by atoms with Crippen LogP contribution in [0.25, 0.3) is 0 Å². The van der Waals surface area contributed by atoms with Crippen LogP contribution in [0.1, 0.15) is 26.7 Å². The maximum Gasteiger partial charge on any atom is 0.523 e. The second kappa shape index (κ2) is 6.15. The summed E-state index contributed by atoms with van der Waals surface area (Å²) in [5, 5.41) is 0. The molecule has 0 amide bonds. The maximum atomic E-state index is 11.8. The van der Waals surface area contributed by atoms with Crippen molar-refractivity contribution in [2.45, 2.75) is 32.2 Å². The van der Waals surface area contributed by atoms with Crippen LogP contribution in [0, 0.1) is 0 Å². The molecule has 0 bridgehead atoms. The highest BCUT2D eigenvalue weighted by Gasteiger charge is 2.47. The number of alkyl halides is 3. The summed E-state index contributed by atoms with van der Waals surface area (Å²) in [6.45, 7) is 2.52. The minimum atomic E-state index is -5.67. The van der Waals surface area contributed by atoms with Crippen molar-refractivity contribution in [3.05, 3.63) is 11.6 Å². The average Bonchev–Trinajstić information content (AvgIpc) is 2.12. The van der Waals surface area contributed by atoms with Gasteiger partial charge in [-0.1, -0.05) is 11.6 Å². The third kappa shape index (κ3) is 6.42. The van der Waals surface area contributed by atoms with E-state index in [1.54, 1.807) is 19.9 Å². The largest absolute Gasteiger partial charge is 0.523 e. The van der Waals surface area contributed by atoms with E-state index in [1.807, 2.05) is 0 Å². The molecule has 0 spiro atoms. The zero-order valence-corrected chi connectivity index (χ0v) is 10.2. The number of carbonyl (C=O) groups is 1. The minimum absolute atomic E-state index is 0.0570. The van der Waals surface area contributed by atoms with E-state index in [0.29, 0.717) is 6.42 Å². The van der Waals surface area contributed by atoms with E-state index in [2.05, 4.69) is 4.18 Å². The molecular formula is C9H13F3O4S. The number of ketones is 1. The standard InChI is InChI=1S/C9H13F3O4S/c1-7(2)4-3-5-8(13)6-16-17(14,15)9(10,11)12/h4H,3,5-6H2,1-2H3. The maximum absolute atomic E-state index is 11.8. The molecule has 0 atom stereocenters. The van der Waals surface area contributed by atoms with Gasteiger partial charge in [0.05, 0.1) is 0 Å². The fraction of sp³-hybridized carbons (Fsp3) is 0.667. The Labute approximate surface area is 97.6 Å². The third-order valence-electron chi connectivity index (χ3n) is 1.63. The van der Waals surface area contributed by atoms with Gasteiger partial charge in [0.2, 0.25) is 0 Å². The Morgan fingerprint density at radius 2 is 1.82 bits per heavy atom. The summed E-state index contributed by atoms with van der Waals surface area (Å²) in [4.78, 5) is 11.0. The number of allylic oxidation sites excluding steroid dienone is 2. The molecule has 100 valence electrons. The van der Waals surface area contributed by atoms with Gasteiger partial charge in [-0.05, 0) is 20.3 Å². The van der Waals surface area contributed by atoms with Crippen LogP contribution >= 0.6 is 0 Å². The number of hydrogen-bond donors (Lipinski definition) is 0. The third-order valence-corrected chi connectivity index (χ3v) is 2.63. The molecule has 0 radical (unpaired) electrons. The first kappa shape index (κ1) is 16.1. The van der Waals surface area contributed by atoms with Crippen molar-refractivity contribution in [3.8, 4) is 0 Å². The Morgan fingerprint density at radius 1 is 1.29 bits per heavy atom. The van der Waals surface area contributed by atoms with Crippen LogP contribution in [0.2, 0.25) is 0 Å². The van der Waals surface area contributed by atoms with Crippen LogP contribution in [-0.4, -0.2) is 26.3 Å². The predicted molar refractivity (Wildman–Crippen MR) is 54.6 cm³/mol. The van der Waals surface area contributed by atoms with Crippen LogP contribution in [0.3, 0.4) is 0 Å². The highest BCUT2D eigenvalue weighted by molar-refractivity contribution is 7.87. The Balaban J connectivity index is 4.14. The molecule has 0 aliphatic heterocycles. The van der Waals surface area contributed by atoms with Gasteiger partial charge in [-0.25, -0.2) is 0 Å². The molecule has 4 nitrogen and oxygen atoms in total. The number of Topliss-reactive ketones (excluding diaryl/α,β-unsaturated/α-hetero) is 1.